The van der Waals surface area contributed by atoms with E-state index < -0.39 is 6.10 Å². The number of piperazine rings is 1. The lowest BCUT2D eigenvalue weighted by Crippen LogP contribution is -2.48. The fourth-order valence-corrected chi connectivity index (χ4v) is 5.10. The second kappa shape index (κ2) is 10.7. The van der Waals surface area contributed by atoms with Crippen molar-refractivity contribution in [1.82, 2.24) is 19.9 Å². The number of nitrogens with zero attached hydrogens (tertiary/aromatic N) is 4. The molecule has 1 fully saturated rings. The molecular formula is C26H30N4O4S. The summed E-state index contributed by atoms with van der Waals surface area (Å²) in [6, 6.07) is 15.7. The van der Waals surface area contributed by atoms with E-state index in [1.165, 1.54) is 0 Å². The molecule has 0 amide bonds. The highest BCUT2D eigenvalue weighted by molar-refractivity contribution is 7.18. The number of aromatic nitrogens is 2. The van der Waals surface area contributed by atoms with Gasteiger partial charge in [0.05, 0.1) is 28.9 Å². The van der Waals surface area contributed by atoms with Gasteiger partial charge in [0.1, 0.15) is 29.9 Å². The molecule has 0 aliphatic carbocycles. The summed E-state index contributed by atoms with van der Waals surface area (Å²) in [6.45, 7) is 7.18. The third kappa shape index (κ3) is 5.99. The number of fused-ring (bicyclic) bond motifs is 1. The number of aryl methyl sites for hydroxylation is 1. The predicted octanol–water partition coefficient (Wildman–Crippen LogP) is 3.83. The summed E-state index contributed by atoms with van der Waals surface area (Å²) in [5, 5.41) is 15.8. The summed E-state index contributed by atoms with van der Waals surface area (Å²) >= 11 is 1.67. The van der Waals surface area contributed by atoms with Gasteiger partial charge in [0.15, 0.2) is 5.76 Å². The normalized spacial score (nSPS) is 16.0. The molecule has 2 aromatic heterocycles. The van der Waals surface area contributed by atoms with Crippen molar-refractivity contribution < 1.29 is 19.1 Å². The zero-order chi connectivity index (χ0) is 24.2. The highest BCUT2D eigenvalue weighted by Gasteiger charge is 2.21. The van der Waals surface area contributed by atoms with Crippen molar-refractivity contribution in [2.45, 2.75) is 19.6 Å². The Hall–Kier alpha value is -2.98. The third-order valence-corrected chi connectivity index (χ3v) is 7.12. The molecule has 0 saturated carbocycles. The first-order valence-corrected chi connectivity index (χ1v) is 12.6. The van der Waals surface area contributed by atoms with Gasteiger partial charge in [-0.1, -0.05) is 5.16 Å². The fourth-order valence-electron chi connectivity index (χ4n) is 4.29. The number of hydrogen-bond acceptors (Lipinski definition) is 9. The first kappa shape index (κ1) is 23.7. The Labute approximate surface area is 208 Å². The van der Waals surface area contributed by atoms with Crippen LogP contribution in [0.3, 0.4) is 0 Å². The standard InChI is InChI=1S/C26H30N4O4S/c1-18-27-25-13-22(7-8-26(25)35-18)33-17-20(31)15-29-9-11-30(12-10-29)16-23-14-24(28-34-23)19-3-5-21(32-2)6-4-19/h3-8,13-14,20,31H,9-12,15-17H2,1-2H3. The van der Waals surface area contributed by atoms with Crippen LogP contribution in [-0.2, 0) is 6.54 Å². The maximum Gasteiger partial charge on any atom is 0.151 e. The van der Waals surface area contributed by atoms with Crippen molar-refractivity contribution in [2.75, 3.05) is 46.4 Å². The number of β-amino-alcohol motifs (C(OH)–C–C–N with tert-alkyl or cyclic N) is 1. The van der Waals surface area contributed by atoms with Gasteiger partial charge in [0, 0.05) is 50.4 Å². The number of aliphatic hydroxyl groups excluding tert-OH is 1. The van der Waals surface area contributed by atoms with Crippen LogP contribution < -0.4 is 9.47 Å². The number of ether oxygens (including phenoxy) is 2. The molecule has 2 aromatic carbocycles. The molecule has 1 atom stereocenters. The molecule has 3 heterocycles. The number of methoxy groups -OCH3 is 1. The van der Waals surface area contributed by atoms with Crippen LogP contribution in [0.5, 0.6) is 11.5 Å². The Kier molecular flexibility index (Phi) is 7.29. The summed E-state index contributed by atoms with van der Waals surface area (Å²) in [4.78, 5) is 9.13. The molecule has 8 nitrogen and oxygen atoms in total. The quantitative estimate of drug-likeness (QED) is 0.376. The second-order valence-electron chi connectivity index (χ2n) is 8.81. The van der Waals surface area contributed by atoms with Gasteiger partial charge >= 0.3 is 0 Å². The Balaban J connectivity index is 1.05. The SMILES string of the molecule is COc1ccc(-c2cc(CN3CCN(CC(O)COc4ccc5sc(C)nc5c4)CC3)on2)cc1. The number of thiazole rings is 1. The van der Waals surface area contributed by atoms with Crippen LogP contribution in [0.4, 0.5) is 0 Å². The lowest BCUT2D eigenvalue weighted by Gasteiger charge is -2.35. The van der Waals surface area contributed by atoms with Crippen molar-refractivity contribution in [3.05, 3.63) is 59.3 Å². The zero-order valence-corrected chi connectivity index (χ0v) is 20.8. The van der Waals surface area contributed by atoms with E-state index in [1.54, 1.807) is 18.4 Å². The van der Waals surface area contributed by atoms with Crippen molar-refractivity contribution >= 4 is 21.6 Å². The Morgan fingerprint density at radius 3 is 2.54 bits per heavy atom. The van der Waals surface area contributed by atoms with Gasteiger partial charge in [-0.2, -0.15) is 0 Å². The minimum absolute atomic E-state index is 0.265. The lowest BCUT2D eigenvalue weighted by atomic mass is 10.1. The summed E-state index contributed by atoms with van der Waals surface area (Å²) in [6.07, 6.45) is -0.546. The van der Waals surface area contributed by atoms with E-state index in [2.05, 4.69) is 19.9 Å². The van der Waals surface area contributed by atoms with Crippen LogP contribution in [0.25, 0.3) is 21.5 Å². The second-order valence-corrected chi connectivity index (χ2v) is 10.0. The smallest absolute Gasteiger partial charge is 0.151 e. The molecule has 184 valence electrons. The van der Waals surface area contributed by atoms with Crippen LogP contribution in [-0.4, -0.2) is 77.6 Å². The van der Waals surface area contributed by atoms with Crippen LogP contribution >= 0.6 is 11.3 Å². The van der Waals surface area contributed by atoms with E-state index >= 15 is 0 Å². The molecule has 1 N–H and O–H groups in total. The van der Waals surface area contributed by atoms with E-state index in [1.807, 2.05) is 55.5 Å². The Morgan fingerprint density at radius 2 is 1.77 bits per heavy atom. The van der Waals surface area contributed by atoms with E-state index in [0.29, 0.717) is 6.54 Å². The van der Waals surface area contributed by atoms with Crippen molar-refractivity contribution in [1.29, 1.82) is 0 Å². The highest BCUT2D eigenvalue weighted by Crippen LogP contribution is 2.26. The first-order valence-electron chi connectivity index (χ1n) is 11.8. The first-order chi connectivity index (χ1) is 17.1. The molecule has 5 rings (SSSR count). The van der Waals surface area contributed by atoms with Crippen LogP contribution in [0.1, 0.15) is 10.8 Å². The van der Waals surface area contributed by atoms with Gasteiger partial charge in [-0.25, -0.2) is 4.98 Å². The molecule has 35 heavy (non-hydrogen) atoms. The van der Waals surface area contributed by atoms with Crippen molar-refractivity contribution in [3.63, 3.8) is 0 Å². The Bertz CT molecular complexity index is 1250. The van der Waals surface area contributed by atoms with E-state index in [9.17, 15) is 5.11 Å². The van der Waals surface area contributed by atoms with Gasteiger partial charge in [-0.3, -0.25) is 9.80 Å². The third-order valence-electron chi connectivity index (χ3n) is 6.17. The summed E-state index contributed by atoms with van der Waals surface area (Å²) in [5.74, 6) is 2.41. The maximum atomic E-state index is 10.5. The van der Waals surface area contributed by atoms with Crippen LogP contribution in [0.2, 0.25) is 0 Å². The largest absolute Gasteiger partial charge is 0.497 e. The average Bonchev–Trinajstić information content (AvgIpc) is 3.49. The number of rotatable bonds is 9. The maximum absolute atomic E-state index is 10.5. The molecule has 9 heteroatoms. The van der Waals surface area contributed by atoms with Gasteiger partial charge < -0.3 is 19.1 Å². The molecule has 4 aromatic rings. The van der Waals surface area contributed by atoms with Gasteiger partial charge in [0.25, 0.3) is 0 Å². The molecule has 1 unspecified atom stereocenters. The monoisotopic (exact) mass is 494 g/mol. The minimum atomic E-state index is -0.546. The number of benzene rings is 2. The molecular weight excluding hydrogens is 464 g/mol. The topological polar surface area (TPSA) is 84.1 Å². The summed E-state index contributed by atoms with van der Waals surface area (Å²) < 4.78 is 17.8. The number of hydrogen-bond donors (Lipinski definition) is 1. The molecule has 0 spiro atoms. The summed E-state index contributed by atoms with van der Waals surface area (Å²) in [5.41, 5.74) is 2.77. The van der Waals surface area contributed by atoms with Gasteiger partial charge in [0.2, 0.25) is 0 Å². The Morgan fingerprint density at radius 1 is 1.03 bits per heavy atom. The molecule has 0 radical (unpaired) electrons. The zero-order valence-electron chi connectivity index (χ0n) is 20.0. The highest BCUT2D eigenvalue weighted by atomic mass is 32.1. The van der Waals surface area contributed by atoms with E-state index in [0.717, 1.165) is 76.5 Å². The number of aliphatic hydroxyl groups is 1. The van der Waals surface area contributed by atoms with Crippen LogP contribution in [0, 0.1) is 6.92 Å². The molecule has 0 bridgehead atoms. The van der Waals surface area contributed by atoms with Crippen molar-refractivity contribution in [3.8, 4) is 22.8 Å². The van der Waals surface area contributed by atoms with E-state index in [4.69, 9.17) is 14.0 Å². The van der Waals surface area contributed by atoms with Crippen molar-refractivity contribution in [2.24, 2.45) is 0 Å². The summed E-state index contributed by atoms with van der Waals surface area (Å²) in [7, 11) is 1.66. The minimum Gasteiger partial charge on any atom is -0.497 e. The van der Waals surface area contributed by atoms with Gasteiger partial charge in [-0.05, 0) is 43.3 Å². The van der Waals surface area contributed by atoms with Crippen LogP contribution in [0.15, 0.2) is 53.1 Å². The van der Waals surface area contributed by atoms with Gasteiger partial charge in [-0.15, -0.1) is 11.3 Å². The lowest BCUT2D eigenvalue weighted by molar-refractivity contribution is 0.0430. The molecule has 1 aliphatic rings. The molecule has 1 saturated heterocycles. The predicted molar refractivity (Wildman–Crippen MR) is 136 cm³/mol. The molecule has 1 aliphatic heterocycles. The van der Waals surface area contributed by atoms with E-state index in [-0.39, 0.29) is 6.61 Å². The average molecular weight is 495 g/mol. The fraction of sp³-hybridized carbons (Fsp3) is 0.385.